The SMILES string of the molecule is Cc1ccc(C=NNC(=O)Cc2ccc(Cl)cc2)o1. The van der Waals surface area contributed by atoms with E-state index in [9.17, 15) is 4.79 Å². The molecule has 0 aliphatic carbocycles. The first-order valence-electron chi connectivity index (χ1n) is 5.76. The molecule has 4 nitrogen and oxygen atoms in total. The van der Waals surface area contributed by atoms with Crippen molar-refractivity contribution in [2.45, 2.75) is 13.3 Å². The monoisotopic (exact) mass is 276 g/mol. The lowest BCUT2D eigenvalue weighted by Crippen LogP contribution is -2.19. The topological polar surface area (TPSA) is 54.6 Å². The molecule has 5 heteroatoms. The molecule has 0 bridgehead atoms. The van der Waals surface area contributed by atoms with Gasteiger partial charge in [-0.25, -0.2) is 5.43 Å². The lowest BCUT2D eigenvalue weighted by atomic mass is 10.1. The van der Waals surface area contributed by atoms with Crippen LogP contribution in [0.5, 0.6) is 0 Å². The Morgan fingerprint density at radius 3 is 2.68 bits per heavy atom. The average molecular weight is 277 g/mol. The smallest absolute Gasteiger partial charge is 0.244 e. The molecule has 0 spiro atoms. The number of amides is 1. The first-order valence-corrected chi connectivity index (χ1v) is 6.14. The van der Waals surface area contributed by atoms with Crippen molar-refractivity contribution in [1.29, 1.82) is 0 Å². The van der Waals surface area contributed by atoms with Crippen LogP contribution in [0.15, 0.2) is 45.9 Å². The number of halogens is 1. The van der Waals surface area contributed by atoms with Crippen LogP contribution >= 0.6 is 11.6 Å². The van der Waals surface area contributed by atoms with Gasteiger partial charge >= 0.3 is 0 Å². The van der Waals surface area contributed by atoms with Crippen LogP contribution in [0.3, 0.4) is 0 Å². The van der Waals surface area contributed by atoms with E-state index in [1.807, 2.05) is 25.1 Å². The second-order valence-electron chi connectivity index (χ2n) is 4.04. The number of rotatable bonds is 4. The Bertz CT molecular complexity index is 588. The highest BCUT2D eigenvalue weighted by Gasteiger charge is 2.02. The third-order valence-electron chi connectivity index (χ3n) is 2.42. The van der Waals surface area contributed by atoms with Gasteiger partial charge in [-0.15, -0.1) is 0 Å². The van der Waals surface area contributed by atoms with E-state index in [0.717, 1.165) is 11.3 Å². The maximum Gasteiger partial charge on any atom is 0.244 e. The lowest BCUT2D eigenvalue weighted by molar-refractivity contribution is -0.120. The Balaban J connectivity index is 1.84. The summed E-state index contributed by atoms with van der Waals surface area (Å²) in [6.07, 6.45) is 1.72. The fourth-order valence-electron chi connectivity index (χ4n) is 1.52. The van der Waals surface area contributed by atoms with Gasteiger partial charge in [-0.3, -0.25) is 4.79 Å². The number of nitrogens with zero attached hydrogens (tertiary/aromatic N) is 1. The van der Waals surface area contributed by atoms with Gasteiger partial charge in [0, 0.05) is 5.02 Å². The van der Waals surface area contributed by atoms with E-state index in [2.05, 4.69) is 10.5 Å². The molecule has 1 aromatic heterocycles. The fraction of sp³-hybridized carbons (Fsp3) is 0.143. The molecule has 0 fully saturated rings. The number of benzene rings is 1. The molecule has 1 heterocycles. The zero-order chi connectivity index (χ0) is 13.7. The van der Waals surface area contributed by atoms with E-state index >= 15 is 0 Å². The molecule has 0 aliphatic heterocycles. The van der Waals surface area contributed by atoms with Gasteiger partial charge in [0.15, 0.2) is 0 Å². The Morgan fingerprint density at radius 1 is 1.32 bits per heavy atom. The molecule has 1 amide bonds. The predicted octanol–water partition coefficient (Wildman–Crippen LogP) is 2.93. The summed E-state index contributed by atoms with van der Waals surface area (Å²) in [5.74, 6) is 1.21. The van der Waals surface area contributed by atoms with E-state index in [1.165, 1.54) is 6.21 Å². The largest absolute Gasteiger partial charge is 0.460 e. The van der Waals surface area contributed by atoms with Crippen molar-refractivity contribution in [3.8, 4) is 0 Å². The second-order valence-corrected chi connectivity index (χ2v) is 4.48. The number of aryl methyl sites for hydroxylation is 1. The van der Waals surface area contributed by atoms with Gasteiger partial charge in [-0.1, -0.05) is 23.7 Å². The van der Waals surface area contributed by atoms with Crippen LogP contribution in [0, 0.1) is 6.92 Å². The van der Waals surface area contributed by atoms with Crippen LogP contribution in [-0.2, 0) is 11.2 Å². The summed E-state index contributed by atoms with van der Waals surface area (Å²) >= 11 is 5.77. The van der Waals surface area contributed by atoms with Crippen LogP contribution in [0.25, 0.3) is 0 Å². The normalized spacial score (nSPS) is 10.8. The molecule has 98 valence electrons. The summed E-state index contributed by atoms with van der Waals surface area (Å²) in [4.78, 5) is 11.6. The van der Waals surface area contributed by atoms with Gasteiger partial charge in [0.05, 0.1) is 12.6 Å². The number of hydrogen-bond acceptors (Lipinski definition) is 3. The molecule has 1 N–H and O–H groups in total. The third-order valence-corrected chi connectivity index (χ3v) is 2.67. The van der Waals surface area contributed by atoms with Gasteiger partial charge in [0.1, 0.15) is 11.5 Å². The number of nitrogens with one attached hydrogen (secondary N) is 1. The quantitative estimate of drug-likeness (QED) is 0.689. The van der Waals surface area contributed by atoms with E-state index in [-0.39, 0.29) is 12.3 Å². The van der Waals surface area contributed by atoms with E-state index in [1.54, 1.807) is 18.2 Å². The van der Waals surface area contributed by atoms with Crippen molar-refractivity contribution in [3.63, 3.8) is 0 Å². The molecular formula is C14H13ClN2O2. The van der Waals surface area contributed by atoms with Crippen LogP contribution in [0.4, 0.5) is 0 Å². The maximum absolute atomic E-state index is 11.6. The first-order chi connectivity index (χ1) is 9.13. The molecule has 0 atom stereocenters. The number of carbonyl (C=O) groups is 1. The fourth-order valence-corrected chi connectivity index (χ4v) is 1.64. The second kappa shape index (κ2) is 6.20. The highest BCUT2D eigenvalue weighted by molar-refractivity contribution is 6.30. The molecule has 0 saturated carbocycles. The van der Waals surface area contributed by atoms with Crippen molar-refractivity contribution < 1.29 is 9.21 Å². The Hall–Kier alpha value is -2.07. The number of hydrazone groups is 1. The minimum absolute atomic E-state index is 0.193. The molecule has 0 radical (unpaired) electrons. The van der Waals surface area contributed by atoms with Crippen molar-refractivity contribution in [3.05, 3.63) is 58.5 Å². The third kappa shape index (κ3) is 4.26. The highest BCUT2D eigenvalue weighted by atomic mass is 35.5. The molecular weight excluding hydrogens is 264 g/mol. The maximum atomic E-state index is 11.6. The van der Waals surface area contributed by atoms with Crippen molar-refractivity contribution in [2.24, 2.45) is 5.10 Å². The first kappa shape index (κ1) is 13.4. The zero-order valence-electron chi connectivity index (χ0n) is 10.4. The summed E-state index contributed by atoms with van der Waals surface area (Å²) in [5.41, 5.74) is 3.32. The molecule has 2 rings (SSSR count). The molecule has 1 aromatic carbocycles. The Kier molecular flexibility index (Phi) is 4.36. The molecule has 0 saturated heterocycles. The Labute approximate surface area is 116 Å². The molecule has 19 heavy (non-hydrogen) atoms. The summed E-state index contributed by atoms with van der Waals surface area (Å²) in [6.45, 7) is 1.84. The zero-order valence-corrected chi connectivity index (χ0v) is 11.1. The van der Waals surface area contributed by atoms with Crippen molar-refractivity contribution >= 4 is 23.7 Å². The summed E-state index contributed by atoms with van der Waals surface area (Å²) in [6, 6.07) is 10.7. The molecule has 0 aliphatic rings. The number of carbonyl (C=O) groups excluding carboxylic acids is 1. The summed E-state index contributed by atoms with van der Waals surface area (Å²) < 4.78 is 5.28. The minimum Gasteiger partial charge on any atom is -0.460 e. The van der Waals surface area contributed by atoms with Gasteiger partial charge in [-0.2, -0.15) is 5.10 Å². The predicted molar refractivity (Wildman–Crippen MR) is 74.3 cm³/mol. The van der Waals surface area contributed by atoms with Gasteiger partial charge < -0.3 is 4.42 Å². The number of furan rings is 1. The van der Waals surface area contributed by atoms with E-state index < -0.39 is 0 Å². The van der Waals surface area contributed by atoms with Crippen molar-refractivity contribution in [2.75, 3.05) is 0 Å². The number of hydrogen-bond donors (Lipinski definition) is 1. The lowest BCUT2D eigenvalue weighted by Gasteiger charge is -2.00. The van der Waals surface area contributed by atoms with Crippen molar-refractivity contribution in [1.82, 2.24) is 5.43 Å². The minimum atomic E-state index is -0.193. The summed E-state index contributed by atoms with van der Waals surface area (Å²) in [5, 5.41) is 4.47. The van der Waals surface area contributed by atoms with Crippen LogP contribution in [-0.4, -0.2) is 12.1 Å². The highest BCUT2D eigenvalue weighted by Crippen LogP contribution is 2.09. The van der Waals surface area contributed by atoms with Crippen LogP contribution < -0.4 is 5.43 Å². The van der Waals surface area contributed by atoms with Gasteiger partial charge in [0.25, 0.3) is 0 Å². The molecule has 2 aromatic rings. The summed E-state index contributed by atoms with van der Waals surface area (Å²) in [7, 11) is 0. The Morgan fingerprint density at radius 2 is 2.05 bits per heavy atom. The average Bonchev–Trinajstić information content (AvgIpc) is 2.78. The van der Waals surface area contributed by atoms with E-state index in [0.29, 0.717) is 10.8 Å². The van der Waals surface area contributed by atoms with Gasteiger partial charge in [0.2, 0.25) is 5.91 Å². The van der Waals surface area contributed by atoms with E-state index in [4.69, 9.17) is 16.0 Å². The van der Waals surface area contributed by atoms with Crippen LogP contribution in [0.1, 0.15) is 17.1 Å². The molecule has 0 unspecified atom stereocenters. The standard InChI is InChI=1S/C14H13ClN2O2/c1-10-2-7-13(19-10)9-16-17-14(18)8-11-3-5-12(15)6-4-11/h2-7,9H,8H2,1H3,(H,17,18). The van der Waals surface area contributed by atoms with Gasteiger partial charge in [-0.05, 0) is 36.8 Å². The van der Waals surface area contributed by atoms with Crippen LogP contribution in [0.2, 0.25) is 5.02 Å².